The molecule has 8 nitrogen and oxygen atoms in total. The van der Waals surface area contributed by atoms with Crippen molar-refractivity contribution in [3.8, 4) is 0 Å². The van der Waals surface area contributed by atoms with Crippen LogP contribution < -0.4 is 5.73 Å². The lowest BCUT2D eigenvalue weighted by Crippen LogP contribution is -2.44. The van der Waals surface area contributed by atoms with Crippen LogP contribution in [-0.4, -0.2) is 32.6 Å². The van der Waals surface area contributed by atoms with Crippen molar-refractivity contribution < 1.29 is 19.0 Å². The Labute approximate surface area is 117 Å². The Morgan fingerprint density at radius 2 is 2.24 bits per heavy atom. The van der Waals surface area contributed by atoms with Crippen LogP contribution in [0.5, 0.6) is 0 Å². The van der Waals surface area contributed by atoms with E-state index in [0.717, 1.165) is 11.1 Å². The van der Waals surface area contributed by atoms with Gasteiger partial charge >= 0.3 is 6.41 Å². The van der Waals surface area contributed by atoms with Crippen LogP contribution in [0.3, 0.4) is 0 Å². The zero-order chi connectivity index (χ0) is 14.6. The number of aliphatic hydroxyl groups excluding tert-OH is 1. The maximum Gasteiger partial charge on any atom is 0.308 e. The molecule has 1 aromatic carbocycles. The summed E-state index contributed by atoms with van der Waals surface area (Å²) in [6.07, 6.45) is -0.669. The first-order valence-electron chi connectivity index (χ1n) is 6.22. The molecule has 9 heteroatoms. The number of fused-ring (bicyclic) bond motifs is 1. The second-order valence-electron chi connectivity index (χ2n) is 4.81. The first-order chi connectivity index (χ1) is 10.1. The lowest BCUT2D eigenvalue weighted by atomic mass is 9.82. The summed E-state index contributed by atoms with van der Waals surface area (Å²) in [5.41, 5.74) is 7.58. The summed E-state index contributed by atoms with van der Waals surface area (Å²) in [6.45, 7) is 0. The predicted molar refractivity (Wildman–Crippen MR) is 67.0 cm³/mol. The van der Waals surface area contributed by atoms with Gasteiger partial charge in [0.1, 0.15) is 5.82 Å². The average molecular weight is 291 g/mol. The van der Waals surface area contributed by atoms with Gasteiger partial charge in [-0.3, -0.25) is 4.90 Å². The number of nitrogens with two attached hydrogens (primary N) is 1. The molecule has 1 aromatic heterocycles. The number of rotatable bonds is 2. The minimum absolute atomic E-state index is 0.0373. The summed E-state index contributed by atoms with van der Waals surface area (Å²) < 4.78 is 17.9. The molecular formula is C12H10FN5O3. The lowest BCUT2D eigenvalue weighted by Gasteiger charge is -2.38. The Hall–Kier alpha value is -2.68. The third-order valence-corrected chi connectivity index (χ3v) is 3.66. The van der Waals surface area contributed by atoms with Crippen LogP contribution in [0.15, 0.2) is 28.0 Å². The number of aliphatic hydroxyl groups is 1. The summed E-state index contributed by atoms with van der Waals surface area (Å²) in [7, 11) is 0. The highest BCUT2D eigenvalue weighted by Gasteiger charge is 2.43. The Morgan fingerprint density at radius 3 is 3.00 bits per heavy atom. The molecule has 2 aromatic rings. The number of aromatic nitrogens is 2. The predicted octanol–water partition coefficient (Wildman–Crippen LogP) is 0.358. The Kier molecular flexibility index (Phi) is 2.39. The molecule has 2 heterocycles. The van der Waals surface area contributed by atoms with Gasteiger partial charge in [0.05, 0.1) is 6.04 Å². The number of oxime groups is 1. The summed E-state index contributed by atoms with van der Waals surface area (Å²) in [5.74, 6) is -0.0921. The van der Waals surface area contributed by atoms with E-state index in [1.165, 1.54) is 17.0 Å². The van der Waals surface area contributed by atoms with E-state index in [9.17, 15) is 9.50 Å². The second-order valence-corrected chi connectivity index (χ2v) is 4.81. The average Bonchev–Trinajstić information content (AvgIpc) is 3.01. The molecule has 4 rings (SSSR count). The number of hydrogen-bond acceptors (Lipinski definition) is 8. The highest BCUT2D eigenvalue weighted by Crippen LogP contribution is 2.41. The molecule has 21 heavy (non-hydrogen) atoms. The summed E-state index contributed by atoms with van der Waals surface area (Å²) in [6, 6.07) is 4.27. The molecule has 0 radical (unpaired) electrons. The molecule has 3 N–H and O–H groups in total. The monoisotopic (exact) mass is 291 g/mol. The van der Waals surface area contributed by atoms with Crippen molar-refractivity contribution in [3.63, 3.8) is 0 Å². The highest BCUT2D eigenvalue weighted by atomic mass is 19.1. The van der Waals surface area contributed by atoms with Gasteiger partial charge in [-0.05, 0) is 40.0 Å². The van der Waals surface area contributed by atoms with E-state index in [-0.39, 0.29) is 29.2 Å². The van der Waals surface area contributed by atoms with E-state index < -0.39 is 6.41 Å². The van der Waals surface area contributed by atoms with Crippen LogP contribution in [0.25, 0.3) is 0 Å². The van der Waals surface area contributed by atoms with Gasteiger partial charge in [0, 0.05) is 0 Å². The molecule has 0 saturated heterocycles. The van der Waals surface area contributed by atoms with Gasteiger partial charge in [-0.1, -0.05) is 11.2 Å². The number of nitrogen functional groups attached to an aromatic ring is 1. The summed E-state index contributed by atoms with van der Waals surface area (Å²) >= 11 is 0. The van der Waals surface area contributed by atoms with Crippen LogP contribution in [0.4, 0.5) is 10.2 Å². The standard InChI is InChI=1S/C12H10FN5O3/c13-6-2-1-5-3-8(7(5)4-6)18-11(17-20-12(18)19)9-10(14)16-21-15-9/h1-2,4,8,12,19H,3H2,(H2,14,16). The molecular weight excluding hydrogens is 281 g/mol. The Morgan fingerprint density at radius 1 is 1.38 bits per heavy atom. The maximum absolute atomic E-state index is 13.4. The number of benzene rings is 1. The van der Waals surface area contributed by atoms with Gasteiger partial charge < -0.3 is 15.7 Å². The Bertz CT molecular complexity index is 746. The Balaban J connectivity index is 1.71. The van der Waals surface area contributed by atoms with Crippen LogP contribution in [0.2, 0.25) is 0 Å². The van der Waals surface area contributed by atoms with Gasteiger partial charge in [0.25, 0.3) is 0 Å². The molecule has 0 fully saturated rings. The van der Waals surface area contributed by atoms with E-state index in [0.29, 0.717) is 6.42 Å². The summed E-state index contributed by atoms with van der Waals surface area (Å²) in [5, 5.41) is 20.8. The van der Waals surface area contributed by atoms with Crippen molar-refractivity contribution in [2.45, 2.75) is 18.9 Å². The fraction of sp³-hybridized carbons (Fsp3) is 0.250. The van der Waals surface area contributed by atoms with E-state index >= 15 is 0 Å². The molecule has 2 atom stereocenters. The van der Waals surface area contributed by atoms with Crippen LogP contribution in [-0.2, 0) is 11.3 Å². The topological polar surface area (TPSA) is 110 Å². The second kappa shape index (κ2) is 4.16. The lowest BCUT2D eigenvalue weighted by molar-refractivity contribution is -0.158. The largest absolute Gasteiger partial charge is 0.379 e. The van der Waals surface area contributed by atoms with Gasteiger partial charge in [-0.2, -0.15) is 0 Å². The molecule has 0 amide bonds. The van der Waals surface area contributed by atoms with Crippen LogP contribution in [0, 0.1) is 5.82 Å². The summed E-state index contributed by atoms with van der Waals surface area (Å²) in [4.78, 5) is 6.34. The fourth-order valence-corrected chi connectivity index (χ4v) is 2.61. The zero-order valence-corrected chi connectivity index (χ0v) is 10.6. The molecule has 1 aliphatic carbocycles. The smallest absolute Gasteiger partial charge is 0.308 e. The van der Waals surface area contributed by atoms with Crippen molar-refractivity contribution in [2.75, 3.05) is 5.73 Å². The van der Waals surface area contributed by atoms with Crippen LogP contribution >= 0.6 is 0 Å². The third-order valence-electron chi connectivity index (χ3n) is 3.66. The fourth-order valence-electron chi connectivity index (χ4n) is 2.61. The maximum atomic E-state index is 13.4. The quantitative estimate of drug-likeness (QED) is 0.821. The first kappa shape index (κ1) is 12.1. The van der Waals surface area contributed by atoms with Gasteiger partial charge in [-0.25, -0.2) is 9.02 Å². The third kappa shape index (κ3) is 1.67. The van der Waals surface area contributed by atoms with Gasteiger partial charge in [0.2, 0.25) is 5.84 Å². The van der Waals surface area contributed by atoms with Crippen LogP contribution in [0.1, 0.15) is 22.9 Å². The van der Waals surface area contributed by atoms with E-state index in [2.05, 4.69) is 20.1 Å². The van der Waals surface area contributed by atoms with E-state index in [1.807, 2.05) is 0 Å². The first-order valence-corrected chi connectivity index (χ1v) is 6.22. The number of halogens is 1. The van der Waals surface area contributed by atoms with Crippen molar-refractivity contribution in [1.82, 2.24) is 15.2 Å². The molecule has 0 saturated carbocycles. The minimum Gasteiger partial charge on any atom is -0.379 e. The molecule has 108 valence electrons. The molecule has 0 spiro atoms. The number of amidine groups is 1. The normalized spacial score (nSPS) is 23.3. The zero-order valence-electron chi connectivity index (χ0n) is 10.6. The SMILES string of the molecule is Nc1nonc1C1=NOC(O)N1C1Cc2ccc(F)cc21. The molecule has 0 bridgehead atoms. The molecule has 1 aliphatic heterocycles. The van der Waals surface area contributed by atoms with Gasteiger partial charge in [0.15, 0.2) is 11.5 Å². The van der Waals surface area contributed by atoms with E-state index in [4.69, 9.17) is 10.6 Å². The van der Waals surface area contributed by atoms with E-state index in [1.54, 1.807) is 6.07 Å². The minimum atomic E-state index is -1.29. The molecule has 2 unspecified atom stereocenters. The molecule has 2 aliphatic rings. The van der Waals surface area contributed by atoms with Crippen molar-refractivity contribution in [3.05, 3.63) is 40.8 Å². The van der Waals surface area contributed by atoms with Crippen molar-refractivity contribution in [2.24, 2.45) is 5.16 Å². The number of anilines is 1. The highest BCUT2D eigenvalue weighted by molar-refractivity contribution is 6.01. The number of hydrogen-bond donors (Lipinski definition) is 2. The van der Waals surface area contributed by atoms with Crippen molar-refractivity contribution in [1.29, 1.82) is 0 Å². The number of nitrogens with zero attached hydrogens (tertiary/aromatic N) is 4. The van der Waals surface area contributed by atoms with Crippen molar-refractivity contribution >= 4 is 11.7 Å². The van der Waals surface area contributed by atoms with Gasteiger partial charge in [-0.15, -0.1) is 0 Å².